The summed E-state index contributed by atoms with van der Waals surface area (Å²) < 4.78 is 14.2. The lowest BCUT2D eigenvalue weighted by Gasteiger charge is -2.33. The fraction of sp³-hybridized carbons (Fsp3) is 0.375. The van der Waals surface area contributed by atoms with Gasteiger partial charge in [-0.2, -0.15) is 0 Å². The second-order valence-electron chi connectivity index (χ2n) is 9.72. The number of quaternary nitrogens is 1. The molecule has 2 saturated heterocycles. The Morgan fingerprint density at radius 3 is 2.45 bits per heavy atom. The minimum atomic E-state index is -1.35. The maximum absolute atomic E-state index is 14.2. The molecular weight excluding hydrogens is 397 g/mol. The van der Waals surface area contributed by atoms with Crippen molar-refractivity contribution >= 4 is 23.4 Å². The van der Waals surface area contributed by atoms with Crippen LogP contribution in [0.4, 0.5) is 10.1 Å². The number of rotatable bonds is 2. The molecule has 0 unspecified atom stereocenters. The molecule has 7 heteroatoms. The van der Waals surface area contributed by atoms with Crippen LogP contribution in [-0.4, -0.2) is 34.2 Å². The Hall–Kier alpha value is -3.06. The van der Waals surface area contributed by atoms with Crippen LogP contribution in [-0.2, 0) is 26.3 Å². The van der Waals surface area contributed by atoms with Gasteiger partial charge in [0.15, 0.2) is 0 Å². The van der Waals surface area contributed by atoms with Crippen molar-refractivity contribution < 1.29 is 24.1 Å². The zero-order chi connectivity index (χ0) is 22.1. The maximum Gasteiger partial charge on any atom is 0.291 e. The molecule has 31 heavy (non-hydrogen) atoms. The summed E-state index contributed by atoms with van der Waals surface area (Å²) in [4.78, 5) is 41.9. The van der Waals surface area contributed by atoms with Crippen molar-refractivity contribution in [2.75, 3.05) is 5.32 Å². The van der Waals surface area contributed by atoms with Gasteiger partial charge in [0, 0.05) is 17.5 Å². The van der Waals surface area contributed by atoms with E-state index in [1.807, 2.05) is 56.4 Å². The SMILES string of the molecule is CC(C)(C)N1C(=O)[C@@H]2[C@H](Cc3ccccc3)[NH2+][C@]3(C(=O)Nc4ccc(F)cc43)[C@@H]2C1=O. The van der Waals surface area contributed by atoms with Crippen LogP contribution in [0.2, 0.25) is 0 Å². The standard InChI is InChI=1S/C24H24FN3O3/c1-23(2,3)28-20(29)18-17(11-13-7-5-4-6-8-13)27-24(19(18)21(28)30)15-12-14(25)9-10-16(15)26-22(24)31/h4-10,12,17-19,27H,11H2,1-3H3,(H,26,31)/p+1/t17-,18+,19-,24-/m0/s1. The summed E-state index contributed by atoms with van der Waals surface area (Å²) in [5, 5.41) is 4.66. The third kappa shape index (κ3) is 2.69. The first-order valence-electron chi connectivity index (χ1n) is 10.5. The fourth-order valence-corrected chi connectivity index (χ4v) is 5.67. The average molecular weight is 422 g/mol. The van der Waals surface area contributed by atoms with Gasteiger partial charge in [-0.25, -0.2) is 4.39 Å². The van der Waals surface area contributed by atoms with Gasteiger partial charge in [-0.15, -0.1) is 0 Å². The number of carbonyl (C=O) groups excluding carboxylic acids is 3. The minimum Gasteiger partial charge on any atom is -0.326 e. The van der Waals surface area contributed by atoms with Crippen molar-refractivity contribution in [2.24, 2.45) is 11.8 Å². The number of nitrogens with zero attached hydrogens (tertiary/aromatic N) is 1. The summed E-state index contributed by atoms with van der Waals surface area (Å²) in [6.07, 6.45) is 0.526. The zero-order valence-electron chi connectivity index (χ0n) is 17.7. The lowest BCUT2D eigenvalue weighted by Crippen LogP contribution is -2.99. The van der Waals surface area contributed by atoms with Gasteiger partial charge < -0.3 is 10.6 Å². The van der Waals surface area contributed by atoms with E-state index in [1.165, 1.54) is 23.1 Å². The largest absolute Gasteiger partial charge is 0.326 e. The van der Waals surface area contributed by atoms with Gasteiger partial charge in [0.25, 0.3) is 5.91 Å². The van der Waals surface area contributed by atoms with Crippen LogP contribution in [0.3, 0.4) is 0 Å². The lowest BCUT2D eigenvalue weighted by atomic mass is 9.76. The van der Waals surface area contributed by atoms with Gasteiger partial charge in [0.05, 0.1) is 5.69 Å². The quantitative estimate of drug-likeness (QED) is 0.721. The first-order chi connectivity index (χ1) is 14.6. The van der Waals surface area contributed by atoms with E-state index in [-0.39, 0.29) is 23.8 Å². The number of benzene rings is 2. The molecule has 4 atom stereocenters. The Balaban J connectivity index is 1.68. The molecular formula is C24H25FN3O3+. The molecule has 2 fully saturated rings. The Bertz CT molecular complexity index is 1110. The number of imide groups is 1. The van der Waals surface area contributed by atoms with E-state index in [0.29, 0.717) is 17.7 Å². The second-order valence-corrected chi connectivity index (χ2v) is 9.72. The monoisotopic (exact) mass is 422 g/mol. The first kappa shape index (κ1) is 19.9. The van der Waals surface area contributed by atoms with Gasteiger partial charge in [-0.1, -0.05) is 30.3 Å². The Labute approximate surface area is 179 Å². The van der Waals surface area contributed by atoms with Crippen molar-refractivity contribution in [1.29, 1.82) is 0 Å². The Kier molecular flexibility index (Phi) is 4.15. The van der Waals surface area contributed by atoms with Crippen LogP contribution >= 0.6 is 0 Å². The number of nitrogens with two attached hydrogens (primary N) is 1. The topological polar surface area (TPSA) is 83.1 Å². The number of hydrogen-bond acceptors (Lipinski definition) is 3. The zero-order valence-corrected chi connectivity index (χ0v) is 17.7. The number of carbonyl (C=O) groups is 3. The number of amides is 3. The summed E-state index contributed by atoms with van der Waals surface area (Å²) in [5.74, 6) is -3.00. The molecule has 3 N–H and O–H groups in total. The van der Waals surface area contributed by atoms with E-state index in [0.717, 1.165) is 5.56 Å². The summed E-state index contributed by atoms with van der Waals surface area (Å²) in [5.41, 5.74) is -0.103. The van der Waals surface area contributed by atoms with Crippen LogP contribution in [0.25, 0.3) is 0 Å². The van der Waals surface area contributed by atoms with Crippen LogP contribution < -0.4 is 10.6 Å². The molecule has 2 aromatic rings. The first-order valence-corrected chi connectivity index (χ1v) is 10.5. The van der Waals surface area contributed by atoms with Gasteiger partial charge >= 0.3 is 0 Å². The van der Waals surface area contributed by atoms with Crippen molar-refractivity contribution in [2.45, 2.75) is 44.3 Å². The van der Waals surface area contributed by atoms with E-state index in [2.05, 4.69) is 5.32 Å². The highest BCUT2D eigenvalue weighted by molar-refractivity contribution is 6.14. The smallest absolute Gasteiger partial charge is 0.291 e. The molecule has 6 nitrogen and oxygen atoms in total. The molecule has 1 spiro atoms. The highest BCUT2D eigenvalue weighted by Gasteiger charge is 2.74. The van der Waals surface area contributed by atoms with Gasteiger partial charge in [-0.05, 0) is 44.5 Å². The maximum atomic E-state index is 14.2. The molecule has 0 aliphatic carbocycles. The number of nitrogens with one attached hydrogen (secondary N) is 1. The molecule has 160 valence electrons. The van der Waals surface area contributed by atoms with Crippen molar-refractivity contribution in [3.8, 4) is 0 Å². The van der Waals surface area contributed by atoms with Crippen molar-refractivity contribution in [3.05, 3.63) is 65.5 Å². The lowest BCUT2D eigenvalue weighted by molar-refractivity contribution is -0.733. The molecule has 0 saturated carbocycles. The normalized spacial score (nSPS) is 29.5. The van der Waals surface area contributed by atoms with E-state index in [9.17, 15) is 18.8 Å². The van der Waals surface area contributed by atoms with Crippen molar-refractivity contribution in [1.82, 2.24) is 4.90 Å². The minimum absolute atomic E-state index is 0.255. The van der Waals surface area contributed by atoms with E-state index in [4.69, 9.17) is 0 Å². The summed E-state index contributed by atoms with van der Waals surface area (Å²) in [6.45, 7) is 5.44. The number of likely N-dealkylation sites (tertiary alicyclic amines) is 1. The molecule has 3 aliphatic rings. The third-order valence-electron chi connectivity index (χ3n) is 6.82. The van der Waals surface area contributed by atoms with Crippen LogP contribution in [0.1, 0.15) is 31.9 Å². The Morgan fingerprint density at radius 2 is 1.77 bits per heavy atom. The Morgan fingerprint density at radius 1 is 1.06 bits per heavy atom. The molecule has 2 aromatic carbocycles. The fourth-order valence-electron chi connectivity index (χ4n) is 5.67. The predicted octanol–water partition coefficient (Wildman–Crippen LogP) is 1.56. The number of fused-ring (bicyclic) bond motifs is 4. The number of hydrogen-bond donors (Lipinski definition) is 2. The van der Waals surface area contributed by atoms with E-state index in [1.54, 1.807) is 0 Å². The molecule has 3 heterocycles. The molecule has 3 amide bonds. The second kappa shape index (κ2) is 6.47. The van der Waals surface area contributed by atoms with Crippen LogP contribution in [0, 0.1) is 17.7 Å². The summed E-state index contributed by atoms with van der Waals surface area (Å²) in [6, 6.07) is 13.5. The van der Waals surface area contributed by atoms with Crippen molar-refractivity contribution in [3.63, 3.8) is 0 Å². The van der Waals surface area contributed by atoms with E-state index >= 15 is 0 Å². The van der Waals surface area contributed by atoms with Crippen LogP contribution in [0.15, 0.2) is 48.5 Å². The third-order valence-corrected chi connectivity index (χ3v) is 6.82. The van der Waals surface area contributed by atoms with Gasteiger partial charge in [0.1, 0.15) is 23.7 Å². The molecule has 0 aromatic heterocycles. The number of anilines is 1. The molecule has 5 rings (SSSR count). The molecule has 0 radical (unpaired) electrons. The van der Waals surface area contributed by atoms with E-state index < -0.39 is 28.7 Å². The van der Waals surface area contributed by atoms with Gasteiger partial charge in [-0.3, -0.25) is 19.3 Å². The molecule has 3 aliphatic heterocycles. The van der Waals surface area contributed by atoms with Gasteiger partial charge in [0.2, 0.25) is 17.4 Å². The predicted molar refractivity (Wildman–Crippen MR) is 111 cm³/mol. The van der Waals surface area contributed by atoms with Crippen LogP contribution in [0.5, 0.6) is 0 Å². The highest BCUT2D eigenvalue weighted by atomic mass is 19.1. The molecule has 0 bridgehead atoms. The average Bonchev–Trinajstić information content (AvgIpc) is 3.27. The summed E-state index contributed by atoms with van der Waals surface area (Å²) >= 11 is 0. The number of halogens is 1. The highest BCUT2D eigenvalue weighted by Crippen LogP contribution is 2.50. The summed E-state index contributed by atoms with van der Waals surface area (Å²) in [7, 11) is 0.